The predicted octanol–water partition coefficient (Wildman–Crippen LogP) is 4.97. The van der Waals surface area contributed by atoms with Crippen LogP contribution in [0.2, 0.25) is 0 Å². The zero-order chi connectivity index (χ0) is 17.1. The highest BCUT2D eigenvalue weighted by Gasteiger charge is 2.29. The van der Waals surface area contributed by atoms with Gasteiger partial charge < -0.3 is 5.11 Å². The van der Waals surface area contributed by atoms with Crippen molar-refractivity contribution in [2.24, 2.45) is 0 Å². The lowest BCUT2D eigenvalue weighted by Gasteiger charge is -2.29. The maximum absolute atomic E-state index is 12.5. The molecule has 0 aromatic heterocycles. The summed E-state index contributed by atoms with van der Waals surface area (Å²) in [7, 11) is 0. The van der Waals surface area contributed by atoms with E-state index in [1.54, 1.807) is 0 Å². The molecule has 2 heteroatoms. The van der Waals surface area contributed by atoms with Crippen molar-refractivity contribution in [3.05, 3.63) is 28.8 Å². The van der Waals surface area contributed by atoms with Crippen LogP contribution in [0.3, 0.4) is 0 Å². The smallest absolute Gasteiger partial charge is 0.163 e. The Bertz CT molecular complexity index is 590. The molecular formula is C20H28O2. The van der Waals surface area contributed by atoms with Crippen LogP contribution in [0.5, 0.6) is 5.75 Å². The van der Waals surface area contributed by atoms with Crippen LogP contribution in [0.15, 0.2) is 12.1 Å². The van der Waals surface area contributed by atoms with Crippen LogP contribution in [0.4, 0.5) is 0 Å². The second-order valence-electron chi connectivity index (χ2n) is 7.87. The minimum atomic E-state index is -0.303. The second-order valence-corrected chi connectivity index (χ2v) is 7.87. The molecule has 0 aliphatic carbocycles. The number of carbonyl (C=O) groups excluding carboxylic acids is 1. The fourth-order valence-corrected chi connectivity index (χ4v) is 2.67. The van der Waals surface area contributed by atoms with E-state index in [1.165, 1.54) is 0 Å². The molecule has 0 amide bonds. The van der Waals surface area contributed by atoms with Crippen molar-refractivity contribution >= 4 is 5.78 Å². The number of terminal acetylenes is 1. The van der Waals surface area contributed by atoms with Gasteiger partial charge in [0.15, 0.2) is 5.78 Å². The van der Waals surface area contributed by atoms with E-state index in [1.807, 2.05) is 32.9 Å². The van der Waals surface area contributed by atoms with Gasteiger partial charge in [0.1, 0.15) is 5.75 Å². The molecule has 0 saturated heterocycles. The molecule has 0 radical (unpaired) electrons. The van der Waals surface area contributed by atoms with E-state index >= 15 is 0 Å². The van der Waals surface area contributed by atoms with Gasteiger partial charge in [-0.3, -0.25) is 4.79 Å². The largest absolute Gasteiger partial charge is 0.507 e. The van der Waals surface area contributed by atoms with Crippen LogP contribution in [-0.4, -0.2) is 10.9 Å². The van der Waals surface area contributed by atoms with E-state index in [0.29, 0.717) is 24.8 Å². The van der Waals surface area contributed by atoms with Crippen molar-refractivity contribution in [3.63, 3.8) is 0 Å². The van der Waals surface area contributed by atoms with E-state index in [0.717, 1.165) is 11.1 Å². The van der Waals surface area contributed by atoms with Gasteiger partial charge in [0.05, 0.1) is 0 Å². The number of benzene rings is 1. The molecular weight excluding hydrogens is 272 g/mol. The Hall–Kier alpha value is -1.75. The highest BCUT2D eigenvalue weighted by molar-refractivity contribution is 5.98. The van der Waals surface area contributed by atoms with E-state index in [4.69, 9.17) is 6.42 Å². The second kappa shape index (κ2) is 6.57. The summed E-state index contributed by atoms with van der Waals surface area (Å²) in [6, 6.07) is 3.73. The minimum Gasteiger partial charge on any atom is -0.507 e. The number of unbranched alkanes of at least 4 members (excludes halogenated alkanes) is 1. The average Bonchev–Trinajstić information content (AvgIpc) is 2.35. The number of phenolic OH excluding ortho intramolecular Hbond substituents is 1. The van der Waals surface area contributed by atoms with Gasteiger partial charge in [0, 0.05) is 24.0 Å². The molecule has 0 saturated carbocycles. The molecule has 0 atom stereocenters. The number of ketones is 1. The molecule has 0 bridgehead atoms. The first-order chi connectivity index (χ1) is 10.00. The van der Waals surface area contributed by atoms with Crippen molar-refractivity contribution in [1.82, 2.24) is 0 Å². The Balaban J connectivity index is 3.39. The Morgan fingerprint density at radius 3 is 2.18 bits per heavy atom. The molecule has 2 nitrogen and oxygen atoms in total. The van der Waals surface area contributed by atoms with Gasteiger partial charge in [-0.2, -0.15) is 0 Å². The zero-order valence-electron chi connectivity index (χ0n) is 14.7. The van der Waals surface area contributed by atoms with Crippen LogP contribution in [0.1, 0.15) is 82.3 Å². The highest BCUT2D eigenvalue weighted by atomic mass is 16.3. The van der Waals surface area contributed by atoms with Gasteiger partial charge in [-0.15, -0.1) is 12.3 Å². The molecule has 1 rings (SSSR count). The number of rotatable bonds is 4. The molecule has 22 heavy (non-hydrogen) atoms. The molecule has 0 aliphatic rings. The van der Waals surface area contributed by atoms with Crippen LogP contribution >= 0.6 is 0 Å². The van der Waals surface area contributed by atoms with Crippen molar-refractivity contribution in [2.75, 3.05) is 0 Å². The fourth-order valence-electron chi connectivity index (χ4n) is 2.67. The minimum absolute atomic E-state index is 0.0518. The first-order valence-corrected chi connectivity index (χ1v) is 7.83. The molecule has 1 aromatic carbocycles. The van der Waals surface area contributed by atoms with Gasteiger partial charge in [-0.05, 0) is 22.8 Å². The summed E-state index contributed by atoms with van der Waals surface area (Å²) in [5.74, 6) is 2.86. The van der Waals surface area contributed by atoms with E-state index in [-0.39, 0.29) is 22.4 Å². The first kappa shape index (κ1) is 18.3. The predicted molar refractivity (Wildman–Crippen MR) is 92.5 cm³/mol. The van der Waals surface area contributed by atoms with Crippen molar-refractivity contribution < 1.29 is 9.90 Å². The molecule has 0 heterocycles. The van der Waals surface area contributed by atoms with Crippen LogP contribution in [0.25, 0.3) is 0 Å². The summed E-state index contributed by atoms with van der Waals surface area (Å²) in [6.45, 7) is 12.2. The third kappa shape index (κ3) is 4.13. The van der Waals surface area contributed by atoms with Crippen LogP contribution < -0.4 is 0 Å². The standard InChI is InChI=1S/C20H28O2/c1-8-9-10-11-16(21)14-12-13-15(19(2,3)4)18(22)17(14)20(5,6)7/h1,12-13,22H,9-11H2,2-7H3. The normalized spacial score (nSPS) is 12.0. The third-order valence-corrected chi connectivity index (χ3v) is 3.76. The molecule has 1 N–H and O–H groups in total. The number of hydrogen-bond acceptors (Lipinski definition) is 2. The van der Waals surface area contributed by atoms with E-state index in [9.17, 15) is 9.90 Å². The Morgan fingerprint density at radius 1 is 1.14 bits per heavy atom. The number of hydrogen-bond donors (Lipinski definition) is 1. The lowest BCUT2D eigenvalue weighted by molar-refractivity contribution is 0.0977. The molecule has 0 spiro atoms. The van der Waals surface area contributed by atoms with Gasteiger partial charge >= 0.3 is 0 Å². The Kier molecular flexibility index (Phi) is 5.46. The topological polar surface area (TPSA) is 37.3 Å². The quantitative estimate of drug-likeness (QED) is 0.484. The van der Waals surface area contributed by atoms with Gasteiger partial charge in [-0.25, -0.2) is 0 Å². The average molecular weight is 300 g/mol. The molecule has 1 aromatic rings. The fraction of sp³-hybridized carbons (Fsp3) is 0.550. The molecule has 120 valence electrons. The summed E-state index contributed by atoms with van der Waals surface area (Å²) < 4.78 is 0. The maximum atomic E-state index is 12.5. The molecule has 0 aliphatic heterocycles. The maximum Gasteiger partial charge on any atom is 0.163 e. The summed E-state index contributed by atoms with van der Waals surface area (Å²) in [5, 5.41) is 10.8. The summed E-state index contributed by atoms with van der Waals surface area (Å²) >= 11 is 0. The SMILES string of the molecule is C#CCCCC(=O)c1ccc(C(C)(C)C)c(O)c1C(C)(C)C. The van der Waals surface area contributed by atoms with Gasteiger partial charge in [-0.1, -0.05) is 53.7 Å². The Labute approximate surface area is 134 Å². The molecule has 0 fully saturated rings. The summed E-state index contributed by atoms with van der Waals surface area (Å²) in [6.07, 6.45) is 6.94. The highest BCUT2D eigenvalue weighted by Crippen LogP contribution is 2.41. The molecule has 0 unspecified atom stereocenters. The van der Waals surface area contributed by atoms with Gasteiger partial charge in [0.25, 0.3) is 0 Å². The number of phenols is 1. The lowest BCUT2D eigenvalue weighted by Crippen LogP contribution is -2.21. The first-order valence-electron chi connectivity index (χ1n) is 7.83. The van der Waals surface area contributed by atoms with Crippen molar-refractivity contribution in [2.45, 2.75) is 71.6 Å². The monoisotopic (exact) mass is 300 g/mol. The summed E-state index contributed by atoms with van der Waals surface area (Å²) in [5.41, 5.74) is 1.76. The number of Topliss-reactive ketones (excluding diaryl/α,β-unsaturated/α-hetero) is 1. The van der Waals surface area contributed by atoms with Crippen molar-refractivity contribution in [1.29, 1.82) is 0 Å². The van der Waals surface area contributed by atoms with Crippen LogP contribution in [0, 0.1) is 12.3 Å². The third-order valence-electron chi connectivity index (χ3n) is 3.76. The van der Waals surface area contributed by atoms with Crippen molar-refractivity contribution in [3.8, 4) is 18.1 Å². The summed E-state index contributed by atoms with van der Waals surface area (Å²) in [4.78, 5) is 12.5. The Morgan fingerprint density at radius 2 is 1.73 bits per heavy atom. The lowest BCUT2D eigenvalue weighted by atomic mass is 9.76. The van der Waals surface area contributed by atoms with E-state index < -0.39 is 0 Å². The van der Waals surface area contributed by atoms with Gasteiger partial charge in [0.2, 0.25) is 0 Å². The number of aromatic hydroxyl groups is 1. The van der Waals surface area contributed by atoms with E-state index in [2.05, 4.69) is 26.7 Å². The zero-order valence-corrected chi connectivity index (χ0v) is 14.7. The van der Waals surface area contributed by atoms with Crippen LogP contribution in [-0.2, 0) is 10.8 Å². The number of carbonyl (C=O) groups is 1.